The topological polar surface area (TPSA) is 40.5 Å². The highest BCUT2D eigenvalue weighted by molar-refractivity contribution is 5.82. The molecule has 0 spiro atoms. The minimum atomic E-state index is -0.214. The molecule has 2 rings (SSSR count). The molecule has 1 N–H and O–H groups in total. The third-order valence-electron chi connectivity index (χ3n) is 4.77. The van der Waals surface area contributed by atoms with Crippen molar-refractivity contribution in [2.45, 2.75) is 52.6 Å². The Kier molecular flexibility index (Phi) is 4.12. The summed E-state index contributed by atoms with van der Waals surface area (Å²) in [7, 11) is 0. The molecule has 1 aliphatic heterocycles. The fraction of sp³-hybridized carbons (Fsp3) is 0.933. The van der Waals surface area contributed by atoms with E-state index in [0.717, 1.165) is 45.3 Å². The number of likely N-dealkylation sites (tertiary alicyclic amines) is 1. The predicted octanol–water partition coefficient (Wildman–Crippen LogP) is 2.08. The normalized spacial score (nSPS) is 34.8. The lowest BCUT2D eigenvalue weighted by Crippen LogP contribution is -2.38. The van der Waals surface area contributed by atoms with Crippen molar-refractivity contribution < 1.29 is 9.90 Å². The van der Waals surface area contributed by atoms with E-state index in [4.69, 9.17) is 0 Å². The van der Waals surface area contributed by atoms with Crippen LogP contribution in [0.5, 0.6) is 0 Å². The van der Waals surface area contributed by atoms with Crippen LogP contribution in [-0.2, 0) is 4.79 Å². The van der Waals surface area contributed by atoms with E-state index < -0.39 is 0 Å². The van der Waals surface area contributed by atoms with Gasteiger partial charge in [-0.25, -0.2) is 0 Å². The molecule has 0 radical (unpaired) electrons. The summed E-state index contributed by atoms with van der Waals surface area (Å²) < 4.78 is 0. The van der Waals surface area contributed by atoms with Gasteiger partial charge < -0.3 is 10.0 Å². The van der Waals surface area contributed by atoms with Crippen molar-refractivity contribution in [1.82, 2.24) is 4.90 Å². The summed E-state index contributed by atoms with van der Waals surface area (Å²) in [5.41, 5.74) is 0.321. The number of aliphatic hydroxyl groups is 1. The van der Waals surface area contributed by atoms with Gasteiger partial charge in [0.15, 0.2) is 0 Å². The predicted molar refractivity (Wildman–Crippen MR) is 72.4 cm³/mol. The molecule has 1 saturated heterocycles. The maximum absolute atomic E-state index is 12.0. The standard InChI is InChI=1S/C15H27NO2/c1-11(17)12-5-7-16(9-12)10-13-8-15(2,3)6-4-14(13)18/h11-13,17H,4-10H2,1-3H3. The summed E-state index contributed by atoms with van der Waals surface area (Å²) in [5.74, 6) is 1.08. The smallest absolute Gasteiger partial charge is 0.137 e. The van der Waals surface area contributed by atoms with Gasteiger partial charge in [-0.3, -0.25) is 4.79 Å². The fourth-order valence-electron chi connectivity index (χ4n) is 3.45. The number of ketones is 1. The van der Waals surface area contributed by atoms with Gasteiger partial charge in [0.2, 0.25) is 0 Å². The Bertz CT molecular complexity index is 312. The zero-order chi connectivity index (χ0) is 13.3. The van der Waals surface area contributed by atoms with Gasteiger partial charge in [-0.1, -0.05) is 13.8 Å². The van der Waals surface area contributed by atoms with Crippen molar-refractivity contribution in [1.29, 1.82) is 0 Å². The van der Waals surface area contributed by atoms with Gasteiger partial charge in [-0.05, 0) is 44.1 Å². The van der Waals surface area contributed by atoms with Crippen LogP contribution >= 0.6 is 0 Å². The number of nitrogens with zero attached hydrogens (tertiary/aromatic N) is 1. The Morgan fingerprint density at radius 3 is 2.83 bits per heavy atom. The minimum absolute atomic E-state index is 0.214. The molecule has 104 valence electrons. The lowest BCUT2D eigenvalue weighted by molar-refractivity contribution is -0.127. The van der Waals surface area contributed by atoms with Gasteiger partial charge in [-0.15, -0.1) is 0 Å². The molecule has 2 fully saturated rings. The van der Waals surface area contributed by atoms with Crippen LogP contribution in [0, 0.1) is 17.3 Å². The van der Waals surface area contributed by atoms with Gasteiger partial charge in [0.25, 0.3) is 0 Å². The van der Waals surface area contributed by atoms with Crippen LogP contribution in [0.3, 0.4) is 0 Å². The lowest BCUT2D eigenvalue weighted by atomic mass is 9.71. The van der Waals surface area contributed by atoms with E-state index in [1.54, 1.807) is 0 Å². The van der Waals surface area contributed by atoms with Crippen molar-refractivity contribution in [2.24, 2.45) is 17.3 Å². The van der Waals surface area contributed by atoms with Crippen LogP contribution in [0.4, 0.5) is 0 Å². The van der Waals surface area contributed by atoms with Gasteiger partial charge in [-0.2, -0.15) is 0 Å². The monoisotopic (exact) mass is 253 g/mol. The molecule has 0 aromatic carbocycles. The fourth-order valence-corrected chi connectivity index (χ4v) is 3.45. The van der Waals surface area contributed by atoms with Crippen molar-refractivity contribution >= 4 is 5.78 Å². The summed E-state index contributed by atoms with van der Waals surface area (Å²) in [4.78, 5) is 14.4. The molecule has 1 saturated carbocycles. The second-order valence-corrected chi connectivity index (χ2v) is 7.08. The maximum atomic E-state index is 12.0. The average Bonchev–Trinajstić information content (AvgIpc) is 2.72. The summed E-state index contributed by atoms with van der Waals surface area (Å²) in [6, 6.07) is 0. The number of rotatable bonds is 3. The van der Waals surface area contributed by atoms with Crippen LogP contribution in [0.15, 0.2) is 0 Å². The molecule has 0 aromatic heterocycles. The Morgan fingerprint density at radius 1 is 1.50 bits per heavy atom. The molecule has 1 heterocycles. The highest BCUT2D eigenvalue weighted by Crippen LogP contribution is 2.37. The quantitative estimate of drug-likeness (QED) is 0.837. The minimum Gasteiger partial charge on any atom is -0.393 e. The van der Waals surface area contributed by atoms with Crippen LogP contribution < -0.4 is 0 Å². The molecule has 0 aromatic rings. The molecule has 3 nitrogen and oxygen atoms in total. The van der Waals surface area contributed by atoms with Crippen LogP contribution in [0.25, 0.3) is 0 Å². The molecule has 18 heavy (non-hydrogen) atoms. The van der Waals surface area contributed by atoms with Crippen LogP contribution in [0.1, 0.15) is 46.5 Å². The number of carbonyl (C=O) groups excluding carboxylic acids is 1. The molecule has 1 aliphatic carbocycles. The third kappa shape index (κ3) is 3.33. The molecule has 3 unspecified atom stereocenters. The van der Waals surface area contributed by atoms with Crippen molar-refractivity contribution in [3.8, 4) is 0 Å². The Morgan fingerprint density at radius 2 is 2.22 bits per heavy atom. The first-order chi connectivity index (χ1) is 8.37. The molecular formula is C15H27NO2. The van der Waals surface area contributed by atoms with Crippen LogP contribution in [0.2, 0.25) is 0 Å². The molecule has 3 atom stereocenters. The van der Waals surface area contributed by atoms with Crippen molar-refractivity contribution in [3.63, 3.8) is 0 Å². The number of hydrogen-bond acceptors (Lipinski definition) is 3. The van der Waals surface area contributed by atoms with E-state index in [2.05, 4.69) is 18.7 Å². The second kappa shape index (κ2) is 5.30. The van der Waals surface area contributed by atoms with Gasteiger partial charge in [0.1, 0.15) is 5.78 Å². The second-order valence-electron chi connectivity index (χ2n) is 7.08. The lowest BCUT2D eigenvalue weighted by Gasteiger charge is -2.36. The van der Waals surface area contributed by atoms with E-state index in [9.17, 15) is 9.90 Å². The van der Waals surface area contributed by atoms with E-state index in [1.807, 2.05) is 6.92 Å². The number of Topliss-reactive ketones (excluding diaryl/α,β-unsaturated/α-hetero) is 1. The zero-order valence-electron chi connectivity index (χ0n) is 12.0. The molecular weight excluding hydrogens is 226 g/mol. The number of aliphatic hydroxyl groups excluding tert-OH is 1. The Labute approximate surface area is 111 Å². The molecule has 0 amide bonds. The summed E-state index contributed by atoms with van der Waals surface area (Å²) >= 11 is 0. The van der Waals surface area contributed by atoms with E-state index in [0.29, 0.717) is 17.1 Å². The molecule has 3 heteroatoms. The summed E-state index contributed by atoms with van der Waals surface area (Å²) in [6.07, 6.45) is 3.68. The van der Waals surface area contributed by atoms with E-state index in [-0.39, 0.29) is 12.0 Å². The Balaban J connectivity index is 1.87. The highest BCUT2D eigenvalue weighted by Gasteiger charge is 2.36. The van der Waals surface area contributed by atoms with Gasteiger partial charge >= 0.3 is 0 Å². The summed E-state index contributed by atoms with van der Waals surface area (Å²) in [6.45, 7) is 9.33. The average molecular weight is 253 g/mol. The van der Waals surface area contributed by atoms with Crippen molar-refractivity contribution in [3.05, 3.63) is 0 Å². The first-order valence-electron chi connectivity index (χ1n) is 7.30. The molecule has 0 bridgehead atoms. The first-order valence-corrected chi connectivity index (χ1v) is 7.30. The zero-order valence-corrected chi connectivity index (χ0v) is 12.0. The number of carbonyl (C=O) groups is 1. The van der Waals surface area contributed by atoms with Crippen LogP contribution in [-0.4, -0.2) is 41.5 Å². The van der Waals surface area contributed by atoms with Gasteiger partial charge in [0, 0.05) is 25.4 Å². The van der Waals surface area contributed by atoms with Gasteiger partial charge in [0.05, 0.1) is 6.10 Å². The number of hydrogen-bond donors (Lipinski definition) is 1. The van der Waals surface area contributed by atoms with E-state index >= 15 is 0 Å². The third-order valence-corrected chi connectivity index (χ3v) is 4.77. The SMILES string of the molecule is CC(O)C1CCN(CC2CC(C)(C)CCC2=O)C1. The largest absolute Gasteiger partial charge is 0.393 e. The first kappa shape index (κ1) is 14.0. The van der Waals surface area contributed by atoms with Crippen molar-refractivity contribution in [2.75, 3.05) is 19.6 Å². The van der Waals surface area contributed by atoms with E-state index in [1.165, 1.54) is 0 Å². The Hall–Kier alpha value is -0.410. The maximum Gasteiger partial charge on any atom is 0.137 e. The summed E-state index contributed by atoms with van der Waals surface area (Å²) in [5, 5.41) is 9.62. The highest BCUT2D eigenvalue weighted by atomic mass is 16.3. The molecule has 2 aliphatic rings.